The Hall–Kier alpha value is -1.92. The second-order valence-corrected chi connectivity index (χ2v) is 3.84. The van der Waals surface area contributed by atoms with Crippen molar-refractivity contribution in [2.24, 2.45) is 10.9 Å². The number of carbonyl (C=O) groups is 1. The first-order chi connectivity index (χ1) is 8.56. The summed E-state index contributed by atoms with van der Waals surface area (Å²) in [5, 5.41) is 6.97. The molecule has 0 spiro atoms. The summed E-state index contributed by atoms with van der Waals surface area (Å²) >= 11 is 5.73. The van der Waals surface area contributed by atoms with E-state index in [1.165, 1.54) is 11.2 Å². The number of hydrogen-bond donors (Lipinski definition) is 1. The summed E-state index contributed by atoms with van der Waals surface area (Å²) in [4.78, 5) is 14.5. The Morgan fingerprint density at radius 2 is 2.06 bits per heavy atom. The lowest BCUT2D eigenvalue weighted by Crippen LogP contribution is -2.27. The molecule has 96 valence electrons. The molecule has 1 rings (SSSR count). The molecule has 2 N–H and O–H groups in total. The van der Waals surface area contributed by atoms with Crippen LogP contribution in [-0.2, 0) is 4.79 Å². The van der Waals surface area contributed by atoms with Crippen LogP contribution < -0.4 is 10.9 Å². The average Bonchev–Trinajstić information content (AvgIpc) is 2.39. The van der Waals surface area contributed by atoms with Gasteiger partial charge in [-0.1, -0.05) is 11.6 Å². The van der Waals surface area contributed by atoms with E-state index in [4.69, 9.17) is 17.4 Å². The summed E-state index contributed by atoms with van der Waals surface area (Å²) in [5.74, 6) is 5.55. The number of hydrogen-bond acceptors (Lipinski definition) is 6. The Morgan fingerprint density at radius 3 is 2.56 bits per heavy atom. The number of nitrogens with zero attached hydrogens (tertiary/aromatic N) is 4. The molecule has 0 bridgehead atoms. The maximum Gasteiger partial charge on any atom is 0.163 e. The van der Waals surface area contributed by atoms with Crippen LogP contribution in [0.2, 0.25) is 0 Å². The number of rotatable bonds is 5. The lowest BCUT2D eigenvalue weighted by atomic mass is 10.4. The number of halogens is 1. The Kier molecular flexibility index (Phi) is 5.29. The highest BCUT2D eigenvalue weighted by Crippen LogP contribution is 2.11. The highest BCUT2D eigenvalue weighted by molar-refractivity contribution is 6.40. The van der Waals surface area contributed by atoms with Crippen LogP contribution in [0.1, 0.15) is 0 Å². The first-order valence-corrected chi connectivity index (χ1v) is 5.45. The van der Waals surface area contributed by atoms with Crippen LogP contribution >= 0.6 is 11.6 Å². The van der Waals surface area contributed by atoms with Gasteiger partial charge in [0.15, 0.2) is 6.29 Å². The highest BCUT2D eigenvalue weighted by Gasteiger charge is 2.05. The van der Waals surface area contributed by atoms with E-state index in [1.54, 1.807) is 43.6 Å². The molecule has 0 saturated carbocycles. The van der Waals surface area contributed by atoms with Gasteiger partial charge in [-0.15, -0.1) is 0 Å². The second-order valence-electron chi connectivity index (χ2n) is 3.44. The predicted octanol–water partition coefficient (Wildman–Crippen LogP) is 0.958. The van der Waals surface area contributed by atoms with Gasteiger partial charge in [-0.05, 0) is 12.1 Å². The topological polar surface area (TPSA) is 74.8 Å². The fraction of sp³-hybridized carbons (Fsp3) is 0.182. The second kappa shape index (κ2) is 6.73. The third-order valence-corrected chi connectivity index (χ3v) is 2.40. The molecule has 0 unspecified atom stereocenters. The van der Waals surface area contributed by atoms with Gasteiger partial charge >= 0.3 is 0 Å². The van der Waals surface area contributed by atoms with Crippen LogP contribution in [0.4, 0.5) is 5.69 Å². The summed E-state index contributed by atoms with van der Waals surface area (Å²) in [7, 11) is 3.33. The number of allylic oxidation sites excluding steroid dienone is 2. The molecule has 0 aliphatic carbocycles. The summed E-state index contributed by atoms with van der Waals surface area (Å²) in [6.45, 7) is 0. The van der Waals surface area contributed by atoms with E-state index in [0.717, 1.165) is 5.69 Å². The first kappa shape index (κ1) is 14.1. The zero-order valence-electron chi connectivity index (χ0n) is 10.1. The molecule has 1 heterocycles. The van der Waals surface area contributed by atoms with Crippen LogP contribution in [0.5, 0.6) is 0 Å². The molecule has 0 fully saturated rings. The van der Waals surface area contributed by atoms with Gasteiger partial charge in [0, 0.05) is 26.5 Å². The van der Waals surface area contributed by atoms with Crippen molar-refractivity contribution in [3.05, 3.63) is 35.3 Å². The molecule has 0 aromatic carbocycles. The van der Waals surface area contributed by atoms with Gasteiger partial charge in [-0.3, -0.25) is 14.8 Å². The third-order valence-electron chi connectivity index (χ3n) is 2.12. The molecule has 6 nitrogen and oxygen atoms in total. The van der Waals surface area contributed by atoms with Gasteiger partial charge in [-0.25, -0.2) is 5.84 Å². The zero-order valence-corrected chi connectivity index (χ0v) is 10.9. The van der Waals surface area contributed by atoms with Crippen molar-refractivity contribution in [1.29, 1.82) is 0 Å². The van der Waals surface area contributed by atoms with Crippen molar-refractivity contribution < 1.29 is 4.79 Å². The summed E-state index contributed by atoms with van der Waals surface area (Å²) in [6.07, 6.45) is 5.24. The van der Waals surface area contributed by atoms with E-state index in [1.807, 2.05) is 0 Å². The number of pyridine rings is 1. The minimum absolute atomic E-state index is 0.00752. The number of hydrazine groups is 1. The highest BCUT2D eigenvalue weighted by atomic mass is 35.5. The quantitative estimate of drug-likeness (QED) is 0.283. The first-order valence-electron chi connectivity index (χ1n) is 5.07. The van der Waals surface area contributed by atoms with Gasteiger partial charge in [0.2, 0.25) is 0 Å². The van der Waals surface area contributed by atoms with Crippen LogP contribution in [0.15, 0.2) is 40.4 Å². The maximum atomic E-state index is 10.6. The van der Waals surface area contributed by atoms with Crippen molar-refractivity contribution in [1.82, 2.24) is 9.99 Å². The Labute approximate surface area is 110 Å². The fourth-order valence-corrected chi connectivity index (χ4v) is 1.33. The van der Waals surface area contributed by atoms with Crippen molar-refractivity contribution in [2.75, 3.05) is 19.1 Å². The zero-order chi connectivity index (χ0) is 13.5. The van der Waals surface area contributed by atoms with Gasteiger partial charge in [0.05, 0.1) is 17.6 Å². The molecule has 1 aromatic heterocycles. The molecule has 0 amide bonds. The van der Waals surface area contributed by atoms with E-state index >= 15 is 0 Å². The third kappa shape index (κ3) is 3.83. The minimum atomic E-state index is -0.00752. The van der Waals surface area contributed by atoms with Gasteiger partial charge < -0.3 is 5.01 Å². The number of nitrogens with two attached hydrogens (primary N) is 1. The van der Waals surface area contributed by atoms with E-state index in [0.29, 0.717) is 12.0 Å². The van der Waals surface area contributed by atoms with Gasteiger partial charge in [0.25, 0.3) is 0 Å². The van der Waals surface area contributed by atoms with Crippen LogP contribution in [-0.4, -0.2) is 36.6 Å². The van der Waals surface area contributed by atoms with Gasteiger partial charge in [-0.2, -0.15) is 5.10 Å². The van der Waals surface area contributed by atoms with Crippen molar-refractivity contribution in [3.8, 4) is 0 Å². The van der Waals surface area contributed by atoms with E-state index in [2.05, 4.69) is 10.1 Å². The fourth-order valence-electron chi connectivity index (χ4n) is 1.15. The monoisotopic (exact) mass is 267 g/mol. The van der Waals surface area contributed by atoms with E-state index in [9.17, 15) is 4.79 Å². The molecule has 0 aliphatic heterocycles. The SMILES string of the molecule is CN(N)C(/C=N\N(C)c1ccncc1)=C(\Cl)C=O. The molecule has 0 aliphatic rings. The lowest BCUT2D eigenvalue weighted by Gasteiger charge is -2.16. The average molecular weight is 268 g/mol. The molecule has 1 aromatic rings. The number of hydrazone groups is 1. The van der Waals surface area contributed by atoms with Crippen molar-refractivity contribution in [3.63, 3.8) is 0 Å². The summed E-state index contributed by atoms with van der Waals surface area (Å²) in [6, 6.07) is 3.60. The Bertz CT molecular complexity index is 458. The minimum Gasteiger partial charge on any atom is -0.311 e. The van der Waals surface area contributed by atoms with E-state index in [-0.39, 0.29) is 5.03 Å². The molecule has 7 heteroatoms. The van der Waals surface area contributed by atoms with Gasteiger partial charge in [0.1, 0.15) is 5.03 Å². The number of aromatic nitrogens is 1. The maximum absolute atomic E-state index is 10.6. The Morgan fingerprint density at radius 1 is 1.44 bits per heavy atom. The van der Waals surface area contributed by atoms with Crippen LogP contribution in [0, 0.1) is 0 Å². The number of carbonyl (C=O) groups excluding carboxylic acids is 1. The smallest absolute Gasteiger partial charge is 0.163 e. The lowest BCUT2D eigenvalue weighted by molar-refractivity contribution is -0.104. The Balaban J connectivity index is 2.89. The molecule has 18 heavy (non-hydrogen) atoms. The summed E-state index contributed by atoms with van der Waals surface area (Å²) < 4.78 is 0. The number of anilines is 1. The largest absolute Gasteiger partial charge is 0.311 e. The molecular weight excluding hydrogens is 254 g/mol. The summed E-state index contributed by atoms with van der Waals surface area (Å²) in [5.41, 5.74) is 1.18. The normalized spacial score (nSPS) is 12.2. The van der Waals surface area contributed by atoms with Crippen molar-refractivity contribution >= 4 is 29.8 Å². The van der Waals surface area contributed by atoms with E-state index < -0.39 is 0 Å². The van der Waals surface area contributed by atoms with Crippen molar-refractivity contribution in [2.45, 2.75) is 0 Å². The molecule has 0 radical (unpaired) electrons. The molecule has 0 saturated heterocycles. The van der Waals surface area contributed by atoms with Crippen LogP contribution in [0.25, 0.3) is 0 Å². The standard InChI is InChI=1S/C11H14ClN5O/c1-16(13)11(10(12)8-18)7-15-17(2)9-3-5-14-6-4-9/h3-8H,13H2,1-2H3/b11-10-,15-7-. The van der Waals surface area contributed by atoms with Crippen LogP contribution in [0.3, 0.4) is 0 Å². The molecular formula is C11H14ClN5O. The number of aldehydes is 1. The molecule has 0 atom stereocenters. The predicted molar refractivity (Wildman–Crippen MR) is 72.0 cm³/mol.